The molecule has 0 unspecified atom stereocenters. The maximum absolute atomic E-state index is 12.7. The third-order valence-corrected chi connectivity index (χ3v) is 5.14. The van der Waals surface area contributed by atoms with E-state index in [1.54, 1.807) is 0 Å². The van der Waals surface area contributed by atoms with Crippen LogP contribution in [0.25, 0.3) is 0 Å². The Morgan fingerprint density at radius 1 is 1.29 bits per heavy atom. The first kappa shape index (κ1) is 18.4. The van der Waals surface area contributed by atoms with Gasteiger partial charge in [0.25, 0.3) is 15.7 Å². The summed E-state index contributed by atoms with van der Waals surface area (Å²) in [5, 5.41) is 1.19. The third-order valence-electron chi connectivity index (χ3n) is 3.69. The van der Waals surface area contributed by atoms with E-state index >= 15 is 0 Å². The molecule has 1 aromatic rings. The first-order valence-corrected chi connectivity index (χ1v) is 8.94. The van der Waals surface area contributed by atoms with Crippen molar-refractivity contribution in [1.82, 2.24) is 10.3 Å². The smallest absolute Gasteiger partial charge is 0.352 e. The number of sulfone groups is 1. The lowest BCUT2D eigenvalue weighted by Crippen LogP contribution is -2.30. The van der Waals surface area contributed by atoms with Gasteiger partial charge in [0, 0.05) is 12.7 Å². The van der Waals surface area contributed by atoms with E-state index in [0.717, 1.165) is 37.9 Å². The number of rotatable bonds is 5. The molecule has 24 heavy (non-hydrogen) atoms. The highest BCUT2D eigenvalue weighted by Gasteiger charge is 2.49. The summed E-state index contributed by atoms with van der Waals surface area (Å²) in [5.74, 6) is -0.887. The number of hydrogen-bond acceptors (Lipinski definition) is 4. The number of halogens is 3. The number of hydrogen-bond donors (Lipinski definition) is 1. The van der Waals surface area contributed by atoms with Gasteiger partial charge < -0.3 is 5.32 Å². The van der Waals surface area contributed by atoms with Crippen LogP contribution in [0.3, 0.4) is 0 Å². The Labute approximate surface area is 137 Å². The number of amides is 1. The Bertz CT molecular complexity index is 743. The van der Waals surface area contributed by atoms with Gasteiger partial charge in [-0.1, -0.05) is 11.6 Å². The summed E-state index contributed by atoms with van der Waals surface area (Å²) >= 11 is 0. The molecular weight excluding hydrogens is 345 g/mol. The summed E-state index contributed by atoms with van der Waals surface area (Å²) < 4.78 is 61.1. The van der Waals surface area contributed by atoms with Crippen LogP contribution in [-0.4, -0.2) is 31.4 Å². The summed E-state index contributed by atoms with van der Waals surface area (Å²) in [7, 11) is -5.68. The molecular formula is C15H17F3N2O3S. The van der Waals surface area contributed by atoms with E-state index in [0.29, 0.717) is 6.42 Å². The quantitative estimate of drug-likeness (QED) is 0.817. The highest BCUT2D eigenvalue weighted by molar-refractivity contribution is 7.92. The molecule has 1 amide bonds. The van der Waals surface area contributed by atoms with Crippen molar-refractivity contribution < 1.29 is 26.4 Å². The molecule has 0 aliphatic heterocycles. The summed E-state index contributed by atoms with van der Waals surface area (Å²) in [4.78, 5) is 15.3. The lowest BCUT2D eigenvalue weighted by atomic mass is 9.97. The van der Waals surface area contributed by atoms with Crippen molar-refractivity contribution in [2.45, 2.75) is 42.6 Å². The second-order valence-electron chi connectivity index (χ2n) is 5.42. The number of carbonyl (C=O) groups excluding carboxylic acids is 1. The van der Waals surface area contributed by atoms with E-state index in [9.17, 15) is 26.4 Å². The van der Waals surface area contributed by atoms with Gasteiger partial charge in [0.15, 0.2) is 5.03 Å². The fourth-order valence-corrected chi connectivity index (χ4v) is 3.32. The Hall–Kier alpha value is -1.90. The average Bonchev–Trinajstić information content (AvgIpc) is 2.54. The van der Waals surface area contributed by atoms with E-state index in [2.05, 4.69) is 16.4 Å². The summed E-state index contributed by atoms with van der Waals surface area (Å²) in [6, 6.07) is 2.23. The molecule has 5 nitrogen and oxygen atoms in total. The normalized spacial score (nSPS) is 15.7. The van der Waals surface area contributed by atoms with E-state index < -0.39 is 31.8 Å². The van der Waals surface area contributed by atoms with E-state index in [4.69, 9.17) is 0 Å². The van der Waals surface area contributed by atoms with Gasteiger partial charge in [0.1, 0.15) is 0 Å². The van der Waals surface area contributed by atoms with Gasteiger partial charge >= 0.3 is 5.51 Å². The Morgan fingerprint density at radius 3 is 2.67 bits per heavy atom. The molecule has 132 valence electrons. The number of nitrogens with one attached hydrogen (secondary N) is 1. The van der Waals surface area contributed by atoms with Crippen molar-refractivity contribution in [3.63, 3.8) is 0 Å². The highest BCUT2D eigenvalue weighted by Crippen LogP contribution is 2.30. The molecule has 0 fully saturated rings. The minimum Gasteiger partial charge on any atom is -0.352 e. The van der Waals surface area contributed by atoms with Gasteiger partial charge in [-0.05, 0) is 44.2 Å². The SMILES string of the molecule is O=C(NCCC1=CCCCC1)c1cccnc1S(=O)(=O)C(F)(F)F. The zero-order chi connectivity index (χ0) is 17.8. The van der Waals surface area contributed by atoms with Crippen LogP contribution in [0.15, 0.2) is 35.0 Å². The van der Waals surface area contributed by atoms with Crippen LogP contribution in [0, 0.1) is 0 Å². The maximum atomic E-state index is 12.7. The van der Waals surface area contributed by atoms with Crippen LogP contribution in [-0.2, 0) is 9.84 Å². The second-order valence-corrected chi connectivity index (χ2v) is 7.28. The number of aromatic nitrogens is 1. The van der Waals surface area contributed by atoms with Crippen LogP contribution < -0.4 is 5.32 Å². The number of allylic oxidation sites excluding steroid dienone is 1. The molecule has 1 heterocycles. The molecule has 9 heteroatoms. The monoisotopic (exact) mass is 362 g/mol. The fraction of sp³-hybridized carbons (Fsp3) is 0.467. The molecule has 1 N–H and O–H groups in total. The van der Waals surface area contributed by atoms with Crippen LogP contribution in [0.1, 0.15) is 42.5 Å². The Balaban J connectivity index is 2.11. The fourth-order valence-electron chi connectivity index (χ4n) is 2.45. The van der Waals surface area contributed by atoms with Gasteiger partial charge in [-0.15, -0.1) is 0 Å². The van der Waals surface area contributed by atoms with Crippen molar-refractivity contribution >= 4 is 15.7 Å². The summed E-state index contributed by atoms with van der Waals surface area (Å²) in [6.07, 6.45) is 7.73. The minimum atomic E-state index is -5.68. The lowest BCUT2D eigenvalue weighted by Gasteiger charge is -2.14. The molecule has 0 saturated heterocycles. The third kappa shape index (κ3) is 4.14. The molecule has 0 atom stereocenters. The molecule has 1 aliphatic rings. The van der Waals surface area contributed by atoms with Crippen molar-refractivity contribution in [2.24, 2.45) is 0 Å². The van der Waals surface area contributed by atoms with Gasteiger partial charge in [0.2, 0.25) is 0 Å². The van der Waals surface area contributed by atoms with E-state index in [1.165, 1.54) is 11.6 Å². The average molecular weight is 362 g/mol. The highest BCUT2D eigenvalue weighted by atomic mass is 32.2. The predicted molar refractivity (Wildman–Crippen MR) is 81.0 cm³/mol. The molecule has 2 rings (SSSR count). The maximum Gasteiger partial charge on any atom is 0.503 e. The molecule has 0 saturated carbocycles. The zero-order valence-electron chi connectivity index (χ0n) is 12.8. The van der Waals surface area contributed by atoms with Crippen LogP contribution >= 0.6 is 0 Å². The standard InChI is InChI=1S/C15H17F3N2O3S/c16-15(17,18)24(22,23)14-12(7-4-9-20-14)13(21)19-10-8-11-5-2-1-3-6-11/h4-5,7,9H,1-3,6,8,10H2,(H,19,21). The molecule has 0 radical (unpaired) electrons. The van der Waals surface area contributed by atoms with E-state index in [1.807, 2.05) is 0 Å². The first-order valence-electron chi connectivity index (χ1n) is 7.46. The van der Waals surface area contributed by atoms with Crippen molar-refractivity contribution in [1.29, 1.82) is 0 Å². The minimum absolute atomic E-state index is 0.227. The second kappa shape index (κ2) is 7.33. The van der Waals surface area contributed by atoms with Crippen molar-refractivity contribution in [2.75, 3.05) is 6.54 Å². The van der Waals surface area contributed by atoms with Crippen molar-refractivity contribution in [3.8, 4) is 0 Å². The number of pyridine rings is 1. The number of alkyl halides is 3. The van der Waals surface area contributed by atoms with Crippen LogP contribution in [0.4, 0.5) is 13.2 Å². The summed E-state index contributed by atoms with van der Waals surface area (Å²) in [5.41, 5.74) is -4.92. The Morgan fingerprint density at radius 2 is 2.04 bits per heavy atom. The predicted octanol–water partition coefficient (Wildman–Crippen LogP) is 3.00. The molecule has 0 spiro atoms. The number of carbonyl (C=O) groups is 1. The van der Waals surface area contributed by atoms with Crippen molar-refractivity contribution in [3.05, 3.63) is 35.5 Å². The van der Waals surface area contributed by atoms with Gasteiger partial charge in [0.05, 0.1) is 5.56 Å². The first-order chi connectivity index (χ1) is 11.2. The summed E-state index contributed by atoms with van der Waals surface area (Å²) in [6.45, 7) is 0.227. The van der Waals surface area contributed by atoms with Crippen LogP contribution in [0.2, 0.25) is 0 Å². The molecule has 1 aliphatic carbocycles. The van der Waals surface area contributed by atoms with Gasteiger partial charge in [-0.3, -0.25) is 4.79 Å². The largest absolute Gasteiger partial charge is 0.503 e. The zero-order valence-corrected chi connectivity index (χ0v) is 13.6. The molecule has 1 aromatic heterocycles. The lowest BCUT2D eigenvalue weighted by molar-refractivity contribution is -0.0438. The Kier molecular flexibility index (Phi) is 5.63. The van der Waals surface area contributed by atoms with Gasteiger partial charge in [-0.25, -0.2) is 13.4 Å². The topological polar surface area (TPSA) is 76.1 Å². The number of nitrogens with zero attached hydrogens (tertiary/aromatic N) is 1. The molecule has 0 aromatic carbocycles. The van der Waals surface area contributed by atoms with Gasteiger partial charge in [-0.2, -0.15) is 13.2 Å². The van der Waals surface area contributed by atoms with E-state index in [-0.39, 0.29) is 6.54 Å². The van der Waals surface area contributed by atoms with Crippen LogP contribution in [0.5, 0.6) is 0 Å². The molecule has 0 bridgehead atoms.